The van der Waals surface area contributed by atoms with Crippen molar-refractivity contribution in [3.63, 3.8) is 0 Å². The van der Waals surface area contributed by atoms with Gasteiger partial charge in [0.2, 0.25) is 0 Å². The number of aliphatic hydroxyl groups is 5. The number of rotatable bonds is 7. The molecule has 5 N–H and O–H groups in total. The molecule has 0 saturated carbocycles. The molecule has 4 unspecified atom stereocenters. The molecule has 0 aromatic heterocycles. The van der Waals surface area contributed by atoms with E-state index < -0.39 is 31.0 Å². The average molecular weight is 244 g/mol. The van der Waals surface area contributed by atoms with Crippen LogP contribution in [0.4, 0.5) is 0 Å². The van der Waals surface area contributed by atoms with Gasteiger partial charge in [0, 0.05) is 10.8 Å². The fraction of sp³-hybridized carbons (Fsp3) is 1.00. The van der Waals surface area contributed by atoms with Crippen molar-refractivity contribution >= 4 is 24.4 Å². The molecule has 0 amide bonds. The standard InChI is InChI=1S/C7H16O5S2/c8-1-4(9)6(11)7(12)5(10)2-14-3-13/h4-13H,1-3H2. The SMILES string of the molecule is OCC(O)C(O)C(O)C(O)CSCS. The summed E-state index contributed by atoms with van der Waals surface area (Å²) in [6, 6.07) is 0. The van der Waals surface area contributed by atoms with Crippen LogP contribution in [0.3, 0.4) is 0 Å². The first-order valence-corrected chi connectivity index (χ1v) is 5.85. The molecule has 0 aromatic rings. The molecule has 86 valence electrons. The molecule has 14 heavy (non-hydrogen) atoms. The maximum absolute atomic E-state index is 9.31. The predicted molar refractivity (Wildman–Crippen MR) is 57.4 cm³/mol. The summed E-state index contributed by atoms with van der Waals surface area (Å²) in [7, 11) is 0. The molecule has 0 saturated heterocycles. The maximum atomic E-state index is 9.31. The van der Waals surface area contributed by atoms with Gasteiger partial charge in [0.1, 0.15) is 18.3 Å². The van der Waals surface area contributed by atoms with Gasteiger partial charge >= 0.3 is 0 Å². The highest BCUT2D eigenvalue weighted by Crippen LogP contribution is 2.11. The van der Waals surface area contributed by atoms with Gasteiger partial charge in [-0.3, -0.25) is 0 Å². The van der Waals surface area contributed by atoms with Crippen LogP contribution >= 0.6 is 24.4 Å². The summed E-state index contributed by atoms with van der Waals surface area (Å²) in [5.74, 6) is 0.208. The van der Waals surface area contributed by atoms with Gasteiger partial charge in [0.25, 0.3) is 0 Å². The summed E-state index contributed by atoms with van der Waals surface area (Å²) in [6.45, 7) is -0.662. The van der Waals surface area contributed by atoms with Crippen molar-refractivity contribution in [1.29, 1.82) is 0 Å². The van der Waals surface area contributed by atoms with Crippen molar-refractivity contribution < 1.29 is 25.5 Å². The Labute approximate surface area is 92.2 Å². The van der Waals surface area contributed by atoms with E-state index in [1.54, 1.807) is 0 Å². The highest BCUT2D eigenvalue weighted by atomic mass is 32.2. The zero-order valence-electron chi connectivity index (χ0n) is 7.52. The predicted octanol–water partition coefficient (Wildman–Crippen LogP) is -1.96. The van der Waals surface area contributed by atoms with Crippen LogP contribution in [-0.4, -0.2) is 67.4 Å². The van der Waals surface area contributed by atoms with Crippen LogP contribution in [0.1, 0.15) is 0 Å². The molecule has 0 aliphatic heterocycles. The van der Waals surface area contributed by atoms with Crippen molar-refractivity contribution in [2.24, 2.45) is 0 Å². The maximum Gasteiger partial charge on any atom is 0.111 e. The molecule has 0 fully saturated rings. The van der Waals surface area contributed by atoms with E-state index in [0.717, 1.165) is 0 Å². The molecular formula is C7H16O5S2. The summed E-state index contributed by atoms with van der Waals surface area (Å²) < 4.78 is 0. The van der Waals surface area contributed by atoms with Crippen LogP contribution in [0, 0.1) is 0 Å². The van der Waals surface area contributed by atoms with Gasteiger partial charge in [-0.1, -0.05) is 0 Å². The first kappa shape index (κ1) is 14.5. The summed E-state index contributed by atoms with van der Waals surface area (Å²) >= 11 is 5.17. The zero-order valence-corrected chi connectivity index (χ0v) is 9.23. The van der Waals surface area contributed by atoms with E-state index >= 15 is 0 Å². The number of thioether (sulfide) groups is 1. The lowest BCUT2D eigenvalue weighted by Crippen LogP contribution is -2.46. The van der Waals surface area contributed by atoms with Gasteiger partial charge in [-0.2, -0.15) is 12.6 Å². The van der Waals surface area contributed by atoms with E-state index in [4.69, 9.17) is 10.2 Å². The third kappa shape index (κ3) is 4.83. The van der Waals surface area contributed by atoms with Crippen molar-refractivity contribution in [3.05, 3.63) is 0 Å². The summed E-state index contributed by atoms with van der Waals surface area (Å²) in [6.07, 6.45) is -5.61. The van der Waals surface area contributed by atoms with E-state index in [9.17, 15) is 15.3 Å². The van der Waals surface area contributed by atoms with Gasteiger partial charge in [-0.15, -0.1) is 11.8 Å². The minimum atomic E-state index is -1.55. The quantitative estimate of drug-likeness (QED) is 0.230. The highest BCUT2D eigenvalue weighted by molar-refractivity contribution is 8.09. The van der Waals surface area contributed by atoms with Gasteiger partial charge in [0.05, 0.1) is 12.7 Å². The van der Waals surface area contributed by atoms with Crippen molar-refractivity contribution in [3.8, 4) is 0 Å². The normalized spacial score (nSPS) is 20.1. The minimum Gasteiger partial charge on any atom is -0.394 e. The van der Waals surface area contributed by atoms with Crippen molar-refractivity contribution in [2.75, 3.05) is 17.4 Å². The molecule has 7 heteroatoms. The number of aliphatic hydroxyl groups excluding tert-OH is 5. The van der Waals surface area contributed by atoms with Crippen LogP contribution in [-0.2, 0) is 0 Å². The van der Waals surface area contributed by atoms with Gasteiger partial charge in [0.15, 0.2) is 0 Å². The lowest BCUT2D eigenvalue weighted by Gasteiger charge is -2.25. The third-order valence-electron chi connectivity index (χ3n) is 1.71. The lowest BCUT2D eigenvalue weighted by atomic mass is 10.0. The largest absolute Gasteiger partial charge is 0.394 e. The molecule has 0 rings (SSSR count). The van der Waals surface area contributed by atoms with Crippen LogP contribution in [0.5, 0.6) is 0 Å². The number of thiol groups is 1. The van der Waals surface area contributed by atoms with Crippen LogP contribution in [0.25, 0.3) is 0 Å². The third-order valence-corrected chi connectivity index (χ3v) is 3.01. The Morgan fingerprint density at radius 2 is 1.50 bits per heavy atom. The smallest absolute Gasteiger partial charge is 0.111 e. The zero-order chi connectivity index (χ0) is 11.1. The van der Waals surface area contributed by atoms with Crippen molar-refractivity contribution in [1.82, 2.24) is 0 Å². The van der Waals surface area contributed by atoms with Gasteiger partial charge in [-0.05, 0) is 0 Å². The van der Waals surface area contributed by atoms with E-state index in [2.05, 4.69) is 12.6 Å². The van der Waals surface area contributed by atoms with Crippen molar-refractivity contribution in [2.45, 2.75) is 24.4 Å². The van der Waals surface area contributed by atoms with E-state index in [-0.39, 0.29) is 5.75 Å². The minimum absolute atomic E-state index is 0.208. The Morgan fingerprint density at radius 3 is 1.93 bits per heavy atom. The second kappa shape index (κ2) is 7.75. The Balaban J connectivity index is 3.95. The molecule has 4 atom stereocenters. The molecule has 0 aromatic carbocycles. The fourth-order valence-electron chi connectivity index (χ4n) is 0.835. The van der Waals surface area contributed by atoms with Gasteiger partial charge < -0.3 is 25.5 Å². The Morgan fingerprint density at radius 1 is 1.00 bits per heavy atom. The van der Waals surface area contributed by atoms with Gasteiger partial charge in [-0.25, -0.2) is 0 Å². The average Bonchev–Trinajstić information content (AvgIpc) is 2.22. The first-order chi connectivity index (χ1) is 6.54. The summed E-state index contributed by atoms with van der Waals surface area (Å²) in [5.41, 5.74) is 0. The monoisotopic (exact) mass is 244 g/mol. The second-order valence-electron chi connectivity index (χ2n) is 2.80. The number of hydrogen-bond acceptors (Lipinski definition) is 7. The Bertz CT molecular complexity index is 148. The van der Waals surface area contributed by atoms with E-state index in [1.807, 2.05) is 0 Å². The first-order valence-electron chi connectivity index (χ1n) is 4.06. The molecule has 0 radical (unpaired) electrons. The van der Waals surface area contributed by atoms with Crippen LogP contribution in [0.15, 0.2) is 0 Å². The molecule has 0 spiro atoms. The topological polar surface area (TPSA) is 101 Å². The molecule has 0 aliphatic carbocycles. The highest BCUT2D eigenvalue weighted by Gasteiger charge is 2.29. The lowest BCUT2D eigenvalue weighted by molar-refractivity contribution is -0.109. The Kier molecular flexibility index (Phi) is 8.02. The summed E-state index contributed by atoms with van der Waals surface area (Å²) in [4.78, 5) is 0. The molecular weight excluding hydrogens is 228 g/mol. The second-order valence-corrected chi connectivity index (χ2v) is 4.57. The summed E-state index contributed by atoms with van der Waals surface area (Å²) in [5, 5.41) is 45.8. The molecule has 0 aliphatic rings. The van der Waals surface area contributed by atoms with Crippen LogP contribution in [0.2, 0.25) is 0 Å². The molecule has 0 heterocycles. The van der Waals surface area contributed by atoms with E-state index in [1.165, 1.54) is 11.8 Å². The number of hydrogen-bond donors (Lipinski definition) is 6. The molecule has 0 bridgehead atoms. The van der Waals surface area contributed by atoms with Crippen LogP contribution < -0.4 is 0 Å². The Hall–Kier alpha value is 0.500. The fourth-order valence-corrected chi connectivity index (χ4v) is 1.70. The molecule has 5 nitrogen and oxygen atoms in total. The van der Waals surface area contributed by atoms with E-state index in [0.29, 0.717) is 5.08 Å².